The van der Waals surface area contributed by atoms with Crippen LogP contribution in [0.15, 0.2) is 0 Å². The minimum atomic E-state index is -3.42. The standard InChI is InChI=1S/C6H10F2O/c7-6(8,9)5-3-1-2-4-5/h5,9H,1-4H2. The van der Waals surface area contributed by atoms with Crippen molar-refractivity contribution in [2.24, 2.45) is 5.92 Å². The van der Waals surface area contributed by atoms with Gasteiger partial charge in [0, 0.05) is 0 Å². The lowest BCUT2D eigenvalue weighted by atomic mass is 10.1. The maximum atomic E-state index is 12.0. The molecule has 9 heavy (non-hydrogen) atoms. The highest BCUT2D eigenvalue weighted by Crippen LogP contribution is 2.35. The van der Waals surface area contributed by atoms with E-state index in [2.05, 4.69) is 0 Å². The third-order valence-electron chi connectivity index (χ3n) is 1.85. The Kier molecular flexibility index (Phi) is 1.70. The lowest BCUT2D eigenvalue weighted by molar-refractivity contribution is -0.235. The van der Waals surface area contributed by atoms with Crippen molar-refractivity contribution in [2.75, 3.05) is 0 Å². The van der Waals surface area contributed by atoms with Gasteiger partial charge in [-0.3, -0.25) is 0 Å². The Bertz CT molecular complexity index is 91.7. The van der Waals surface area contributed by atoms with E-state index in [4.69, 9.17) is 5.11 Å². The Morgan fingerprint density at radius 2 is 1.67 bits per heavy atom. The first kappa shape index (κ1) is 6.93. The molecule has 0 atom stereocenters. The molecule has 0 aliphatic heterocycles. The summed E-state index contributed by atoms with van der Waals surface area (Å²) in [5.74, 6) is -0.766. The van der Waals surface area contributed by atoms with Gasteiger partial charge in [-0.15, -0.1) is 0 Å². The highest BCUT2D eigenvalue weighted by Gasteiger charge is 2.38. The molecule has 0 amide bonds. The second-order valence-electron chi connectivity index (χ2n) is 2.57. The Hall–Kier alpha value is -0.180. The zero-order chi connectivity index (χ0) is 6.91. The van der Waals surface area contributed by atoms with Crippen LogP contribution in [-0.4, -0.2) is 11.2 Å². The fourth-order valence-corrected chi connectivity index (χ4v) is 1.27. The van der Waals surface area contributed by atoms with Crippen molar-refractivity contribution in [3.05, 3.63) is 0 Å². The average molecular weight is 136 g/mol. The molecule has 0 radical (unpaired) electrons. The fourth-order valence-electron chi connectivity index (χ4n) is 1.27. The van der Waals surface area contributed by atoms with Crippen LogP contribution in [0.25, 0.3) is 0 Å². The second-order valence-corrected chi connectivity index (χ2v) is 2.57. The van der Waals surface area contributed by atoms with E-state index in [0.29, 0.717) is 12.8 Å². The van der Waals surface area contributed by atoms with E-state index < -0.39 is 12.0 Å². The first-order chi connectivity index (χ1) is 4.11. The molecule has 1 saturated carbocycles. The molecule has 3 heteroatoms. The van der Waals surface area contributed by atoms with Crippen LogP contribution in [-0.2, 0) is 0 Å². The van der Waals surface area contributed by atoms with Crippen LogP contribution >= 0.6 is 0 Å². The van der Waals surface area contributed by atoms with Gasteiger partial charge in [0.05, 0.1) is 5.92 Å². The zero-order valence-electron chi connectivity index (χ0n) is 5.11. The molecular formula is C6H10F2O. The van der Waals surface area contributed by atoms with Gasteiger partial charge in [0.1, 0.15) is 0 Å². The van der Waals surface area contributed by atoms with Gasteiger partial charge in [0.15, 0.2) is 0 Å². The number of hydrogen-bond acceptors (Lipinski definition) is 1. The molecule has 1 N–H and O–H groups in total. The summed E-state index contributed by atoms with van der Waals surface area (Å²) >= 11 is 0. The third-order valence-corrected chi connectivity index (χ3v) is 1.85. The average Bonchev–Trinajstić information content (AvgIpc) is 2.08. The topological polar surface area (TPSA) is 20.2 Å². The minimum absolute atomic E-state index is 0.476. The van der Waals surface area contributed by atoms with E-state index in [9.17, 15) is 8.78 Å². The summed E-state index contributed by atoms with van der Waals surface area (Å²) < 4.78 is 24.0. The lowest BCUT2D eigenvalue weighted by Gasteiger charge is -2.14. The summed E-state index contributed by atoms with van der Waals surface area (Å²) in [6.45, 7) is 0. The number of halogens is 2. The zero-order valence-corrected chi connectivity index (χ0v) is 5.11. The molecule has 0 heterocycles. The SMILES string of the molecule is OC(F)(F)C1CCCC1. The van der Waals surface area contributed by atoms with Gasteiger partial charge >= 0.3 is 6.11 Å². The lowest BCUT2D eigenvalue weighted by Crippen LogP contribution is -2.24. The summed E-state index contributed by atoms with van der Waals surface area (Å²) in [6, 6.07) is 0. The molecular weight excluding hydrogens is 126 g/mol. The van der Waals surface area contributed by atoms with Crippen molar-refractivity contribution in [1.29, 1.82) is 0 Å². The highest BCUT2D eigenvalue weighted by atomic mass is 19.3. The van der Waals surface area contributed by atoms with Crippen LogP contribution in [0, 0.1) is 5.92 Å². The van der Waals surface area contributed by atoms with Crippen LogP contribution in [0.1, 0.15) is 25.7 Å². The van der Waals surface area contributed by atoms with E-state index in [0.717, 1.165) is 12.8 Å². The van der Waals surface area contributed by atoms with Crippen molar-refractivity contribution >= 4 is 0 Å². The number of alkyl halides is 2. The molecule has 1 fully saturated rings. The highest BCUT2D eigenvalue weighted by molar-refractivity contribution is 4.72. The van der Waals surface area contributed by atoms with Crippen molar-refractivity contribution in [2.45, 2.75) is 31.8 Å². The molecule has 1 rings (SSSR count). The van der Waals surface area contributed by atoms with Crippen molar-refractivity contribution in [1.82, 2.24) is 0 Å². The predicted octanol–water partition coefficient (Wildman–Crippen LogP) is 1.76. The normalized spacial score (nSPS) is 23.0. The van der Waals surface area contributed by atoms with Gasteiger partial charge in [0.2, 0.25) is 0 Å². The quantitative estimate of drug-likeness (QED) is 0.582. The summed E-state index contributed by atoms with van der Waals surface area (Å²) in [5.41, 5.74) is 0. The summed E-state index contributed by atoms with van der Waals surface area (Å²) in [4.78, 5) is 0. The Labute approximate surface area is 52.7 Å². The Morgan fingerprint density at radius 3 is 1.89 bits per heavy atom. The van der Waals surface area contributed by atoms with Crippen molar-refractivity contribution in [3.63, 3.8) is 0 Å². The molecule has 1 aliphatic rings. The van der Waals surface area contributed by atoms with Gasteiger partial charge in [-0.25, -0.2) is 0 Å². The van der Waals surface area contributed by atoms with E-state index in [-0.39, 0.29) is 0 Å². The molecule has 0 spiro atoms. The Morgan fingerprint density at radius 1 is 1.22 bits per heavy atom. The number of rotatable bonds is 1. The Balaban J connectivity index is 2.42. The molecule has 0 aromatic rings. The smallest absolute Gasteiger partial charge is 0.336 e. The maximum absolute atomic E-state index is 12.0. The molecule has 1 aliphatic carbocycles. The van der Waals surface area contributed by atoms with Crippen LogP contribution in [0.5, 0.6) is 0 Å². The van der Waals surface area contributed by atoms with Crippen LogP contribution in [0.2, 0.25) is 0 Å². The van der Waals surface area contributed by atoms with E-state index >= 15 is 0 Å². The molecule has 0 unspecified atom stereocenters. The molecule has 0 bridgehead atoms. The first-order valence-corrected chi connectivity index (χ1v) is 3.21. The molecule has 54 valence electrons. The minimum Gasteiger partial charge on any atom is -0.336 e. The molecule has 0 saturated heterocycles. The maximum Gasteiger partial charge on any atom is 0.356 e. The van der Waals surface area contributed by atoms with E-state index in [1.165, 1.54) is 0 Å². The van der Waals surface area contributed by atoms with Crippen LogP contribution in [0.4, 0.5) is 8.78 Å². The van der Waals surface area contributed by atoms with Crippen molar-refractivity contribution in [3.8, 4) is 0 Å². The molecule has 1 nitrogen and oxygen atoms in total. The van der Waals surface area contributed by atoms with Gasteiger partial charge in [-0.05, 0) is 12.8 Å². The third kappa shape index (κ3) is 1.61. The van der Waals surface area contributed by atoms with Gasteiger partial charge in [0.25, 0.3) is 0 Å². The summed E-state index contributed by atoms with van der Waals surface area (Å²) in [7, 11) is 0. The molecule has 0 aromatic carbocycles. The fraction of sp³-hybridized carbons (Fsp3) is 1.00. The second kappa shape index (κ2) is 2.21. The summed E-state index contributed by atoms with van der Waals surface area (Å²) in [5, 5.41) is 8.18. The van der Waals surface area contributed by atoms with Crippen LogP contribution in [0.3, 0.4) is 0 Å². The van der Waals surface area contributed by atoms with Crippen LogP contribution < -0.4 is 0 Å². The van der Waals surface area contributed by atoms with Gasteiger partial charge in [-0.1, -0.05) is 12.8 Å². The summed E-state index contributed by atoms with van der Waals surface area (Å²) in [6.07, 6.45) is -0.800. The molecule has 0 aromatic heterocycles. The monoisotopic (exact) mass is 136 g/mol. The number of hydrogen-bond donors (Lipinski definition) is 1. The predicted molar refractivity (Wildman–Crippen MR) is 29.1 cm³/mol. The first-order valence-electron chi connectivity index (χ1n) is 3.21. The van der Waals surface area contributed by atoms with Gasteiger partial charge in [-0.2, -0.15) is 8.78 Å². The number of aliphatic hydroxyl groups is 1. The van der Waals surface area contributed by atoms with E-state index in [1.807, 2.05) is 0 Å². The van der Waals surface area contributed by atoms with Crippen molar-refractivity contribution < 1.29 is 13.9 Å². The van der Waals surface area contributed by atoms with Gasteiger partial charge < -0.3 is 5.11 Å². The van der Waals surface area contributed by atoms with E-state index in [1.54, 1.807) is 0 Å². The largest absolute Gasteiger partial charge is 0.356 e.